The Morgan fingerprint density at radius 2 is 2.24 bits per heavy atom. The average Bonchev–Trinajstić information content (AvgIpc) is 2.54. The molecule has 1 N–H and O–H groups in total. The third-order valence-corrected chi connectivity index (χ3v) is 2.37. The van der Waals surface area contributed by atoms with E-state index in [1.54, 1.807) is 0 Å². The molecule has 0 fully saturated rings. The Bertz CT molecular complexity index is 368. The lowest BCUT2D eigenvalue weighted by molar-refractivity contribution is -0.155. The Hall–Kier alpha value is -0.790. The summed E-state index contributed by atoms with van der Waals surface area (Å²) < 4.78 is 42.5. The second-order valence-electron chi connectivity index (χ2n) is 3.43. The average molecular weight is 273 g/mol. The molecule has 0 aliphatic rings. The largest absolute Gasteiger partial charge is 0.391 e. The van der Waals surface area contributed by atoms with Crippen molar-refractivity contribution in [3.63, 3.8) is 0 Å². The standard InChI is InChI=1S/C9H12ClF3N2O2/c1-17-3-2-15-8(6(10)5-14-15)7(16)4-9(11,12)13/h5,7,16H,2-4H2,1H3. The first-order valence-corrected chi connectivity index (χ1v) is 5.18. The molecule has 98 valence electrons. The zero-order valence-electron chi connectivity index (χ0n) is 9.04. The number of hydrogen-bond acceptors (Lipinski definition) is 3. The molecular formula is C9H12ClF3N2O2. The van der Waals surface area contributed by atoms with Gasteiger partial charge in [0.15, 0.2) is 0 Å². The van der Waals surface area contributed by atoms with Gasteiger partial charge < -0.3 is 9.84 Å². The highest BCUT2D eigenvalue weighted by molar-refractivity contribution is 6.31. The number of aliphatic hydroxyl groups excluding tert-OH is 1. The summed E-state index contributed by atoms with van der Waals surface area (Å²) >= 11 is 5.70. The number of alkyl halides is 3. The Kier molecular flexibility index (Phi) is 4.79. The first-order valence-electron chi connectivity index (χ1n) is 4.80. The second-order valence-corrected chi connectivity index (χ2v) is 3.84. The maximum absolute atomic E-state index is 12.2. The van der Waals surface area contributed by atoms with Crippen LogP contribution >= 0.6 is 11.6 Å². The van der Waals surface area contributed by atoms with Crippen LogP contribution < -0.4 is 0 Å². The summed E-state index contributed by atoms with van der Waals surface area (Å²) in [4.78, 5) is 0. The van der Waals surface area contributed by atoms with E-state index in [1.807, 2.05) is 0 Å². The molecule has 8 heteroatoms. The van der Waals surface area contributed by atoms with Gasteiger partial charge in [-0.2, -0.15) is 18.3 Å². The zero-order chi connectivity index (χ0) is 13.1. The van der Waals surface area contributed by atoms with Crippen LogP contribution in [0.2, 0.25) is 5.02 Å². The highest BCUT2D eigenvalue weighted by atomic mass is 35.5. The minimum Gasteiger partial charge on any atom is -0.386 e. The van der Waals surface area contributed by atoms with Gasteiger partial charge in [-0.15, -0.1) is 0 Å². The van der Waals surface area contributed by atoms with Gasteiger partial charge in [0.25, 0.3) is 0 Å². The molecule has 0 aliphatic heterocycles. The molecule has 0 radical (unpaired) electrons. The quantitative estimate of drug-likeness (QED) is 0.894. The highest BCUT2D eigenvalue weighted by Crippen LogP contribution is 2.32. The van der Waals surface area contributed by atoms with Gasteiger partial charge in [-0.25, -0.2) is 0 Å². The van der Waals surface area contributed by atoms with E-state index in [0.717, 1.165) is 0 Å². The van der Waals surface area contributed by atoms with Gasteiger partial charge in [0.05, 0.1) is 36.5 Å². The summed E-state index contributed by atoms with van der Waals surface area (Å²) in [5.41, 5.74) is -0.0407. The van der Waals surface area contributed by atoms with Crippen LogP contribution in [0, 0.1) is 0 Å². The van der Waals surface area contributed by atoms with Crippen molar-refractivity contribution in [2.45, 2.75) is 25.2 Å². The van der Waals surface area contributed by atoms with E-state index in [1.165, 1.54) is 18.0 Å². The molecule has 1 aromatic rings. The van der Waals surface area contributed by atoms with E-state index < -0.39 is 18.7 Å². The van der Waals surface area contributed by atoms with Crippen LogP contribution in [0.1, 0.15) is 18.2 Å². The van der Waals surface area contributed by atoms with Crippen molar-refractivity contribution in [2.24, 2.45) is 0 Å². The van der Waals surface area contributed by atoms with Crippen LogP contribution in [0.3, 0.4) is 0 Å². The predicted molar refractivity (Wildman–Crippen MR) is 54.7 cm³/mol. The first kappa shape index (κ1) is 14.3. The lowest BCUT2D eigenvalue weighted by atomic mass is 10.2. The molecule has 1 unspecified atom stereocenters. The Morgan fingerprint density at radius 1 is 1.59 bits per heavy atom. The van der Waals surface area contributed by atoms with Gasteiger partial charge >= 0.3 is 6.18 Å². The monoisotopic (exact) mass is 272 g/mol. The summed E-state index contributed by atoms with van der Waals surface area (Å²) in [6, 6.07) is 0. The van der Waals surface area contributed by atoms with Crippen molar-refractivity contribution in [1.29, 1.82) is 0 Å². The highest BCUT2D eigenvalue weighted by Gasteiger charge is 2.34. The Labute approximate surface area is 101 Å². The second kappa shape index (κ2) is 5.70. The van der Waals surface area contributed by atoms with E-state index in [2.05, 4.69) is 5.10 Å². The van der Waals surface area contributed by atoms with E-state index in [4.69, 9.17) is 16.3 Å². The predicted octanol–water partition coefficient (Wildman–Crippen LogP) is 2.17. The summed E-state index contributed by atoms with van der Waals surface area (Å²) in [5, 5.41) is 13.3. The number of nitrogens with zero attached hydrogens (tertiary/aromatic N) is 2. The first-order chi connectivity index (χ1) is 7.85. The number of halogens is 4. The summed E-state index contributed by atoms with van der Waals surface area (Å²) in [7, 11) is 1.46. The van der Waals surface area contributed by atoms with Crippen molar-refractivity contribution < 1.29 is 23.0 Å². The molecule has 1 rings (SSSR count). The number of rotatable bonds is 5. The maximum Gasteiger partial charge on any atom is 0.391 e. The molecule has 17 heavy (non-hydrogen) atoms. The molecule has 0 amide bonds. The van der Waals surface area contributed by atoms with Crippen molar-refractivity contribution in [2.75, 3.05) is 13.7 Å². The van der Waals surface area contributed by atoms with Crippen molar-refractivity contribution >= 4 is 11.6 Å². The number of hydrogen-bond donors (Lipinski definition) is 1. The third-order valence-electron chi connectivity index (χ3n) is 2.08. The molecule has 4 nitrogen and oxygen atoms in total. The molecule has 0 aliphatic carbocycles. The summed E-state index contributed by atoms with van der Waals surface area (Å²) in [6.07, 6.45) is -6.33. The fourth-order valence-corrected chi connectivity index (χ4v) is 1.64. The molecular weight excluding hydrogens is 261 g/mol. The van der Waals surface area contributed by atoms with Gasteiger partial charge in [0.1, 0.15) is 6.10 Å². The number of methoxy groups -OCH3 is 1. The topological polar surface area (TPSA) is 47.3 Å². The smallest absolute Gasteiger partial charge is 0.386 e. The number of aliphatic hydroxyl groups is 1. The summed E-state index contributed by atoms with van der Waals surface area (Å²) in [6.45, 7) is 0.497. The van der Waals surface area contributed by atoms with Crippen molar-refractivity contribution in [3.05, 3.63) is 16.9 Å². The number of ether oxygens (including phenoxy) is 1. The fourth-order valence-electron chi connectivity index (χ4n) is 1.38. The van der Waals surface area contributed by atoms with Crippen molar-refractivity contribution in [1.82, 2.24) is 9.78 Å². The van der Waals surface area contributed by atoms with Crippen LogP contribution in [0.4, 0.5) is 13.2 Å². The molecule has 1 aromatic heterocycles. The zero-order valence-corrected chi connectivity index (χ0v) is 9.79. The van der Waals surface area contributed by atoms with E-state index in [0.29, 0.717) is 0 Å². The molecule has 1 atom stereocenters. The van der Waals surface area contributed by atoms with Crippen LogP contribution in [0.5, 0.6) is 0 Å². The third kappa shape index (κ3) is 4.18. The SMILES string of the molecule is COCCn1ncc(Cl)c1C(O)CC(F)(F)F. The lowest BCUT2D eigenvalue weighted by Gasteiger charge is -2.15. The molecule has 0 bridgehead atoms. The van der Waals surface area contributed by atoms with Gasteiger partial charge in [0, 0.05) is 7.11 Å². The van der Waals surface area contributed by atoms with Crippen LogP contribution in [-0.4, -0.2) is 34.8 Å². The fraction of sp³-hybridized carbons (Fsp3) is 0.667. The van der Waals surface area contributed by atoms with Crippen LogP contribution in [0.25, 0.3) is 0 Å². The van der Waals surface area contributed by atoms with Crippen LogP contribution in [-0.2, 0) is 11.3 Å². The molecule has 0 aromatic carbocycles. The van der Waals surface area contributed by atoms with E-state index in [9.17, 15) is 18.3 Å². The molecule has 0 saturated heterocycles. The van der Waals surface area contributed by atoms with Gasteiger partial charge in [0.2, 0.25) is 0 Å². The van der Waals surface area contributed by atoms with E-state index in [-0.39, 0.29) is 23.9 Å². The molecule has 0 spiro atoms. The van der Waals surface area contributed by atoms with E-state index >= 15 is 0 Å². The summed E-state index contributed by atoms with van der Waals surface area (Å²) in [5.74, 6) is 0. The maximum atomic E-state index is 12.2. The van der Waals surface area contributed by atoms with Gasteiger partial charge in [-0.05, 0) is 0 Å². The Morgan fingerprint density at radius 3 is 2.76 bits per heavy atom. The lowest BCUT2D eigenvalue weighted by Crippen LogP contribution is -2.18. The minimum absolute atomic E-state index is 0.0119. The normalized spacial score (nSPS) is 14.0. The van der Waals surface area contributed by atoms with Crippen molar-refractivity contribution in [3.8, 4) is 0 Å². The Balaban J connectivity index is 2.83. The van der Waals surface area contributed by atoms with Crippen LogP contribution in [0.15, 0.2) is 6.20 Å². The molecule has 0 saturated carbocycles. The van der Waals surface area contributed by atoms with Gasteiger partial charge in [-0.1, -0.05) is 11.6 Å². The molecule has 1 heterocycles. The number of aromatic nitrogens is 2. The van der Waals surface area contributed by atoms with Gasteiger partial charge in [-0.3, -0.25) is 4.68 Å². The minimum atomic E-state index is -4.46.